The Morgan fingerprint density at radius 3 is 2.70 bits per heavy atom. The van der Waals surface area contributed by atoms with E-state index in [0.717, 1.165) is 42.5 Å². The van der Waals surface area contributed by atoms with E-state index in [1.54, 1.807) is 6.20 Å². The number of para-hydroxylation sites is 1. The van der Waals surface area contributed by atoms with E-state index in [2.05, 4.69) is 21.5 Å². The summed E-state index contributed by atoms with van der Waals surface area (Å²) in [5.41, 5.74) is 2.13. The summed E-state index contributed by atoms with van der Waals surface area (Å²) in [4.78, 5) is 22.8. The van der Waals surface area contributed by atoms with Gasteiger partial charge in [-0.2, -0.15) is 0 Å². The first-order chi connectivity index (χ1) is 13.2. The highest BCUT2D eigenvalue weighted by Gasteiger charge is 2.31. The number of imidazole rings is 1. The second kappa shape index (κ2) is 7.61. The van der Waals surface area contributed by atoms with Crippen LogP contribution in [0.5, 0.6) is 5.75 Å². The van der Waals surface area contributed by atoms with Crippen molar-refractivity contribution in [3.05, 3.63) is 66.7 Å². The molecule has 1 aliphatic heterocycles. The minimum atomic E-state index is 0.0324. The number of carbonyl (C=O) groups is 1. The maximum absolute atomic E-state index is 12.3. The first kappa shape index (κ1) is 17.3. The Labute approximate surface area is 158 Å². The quantitative estimate of drug-likeness (QED) is 0.677. The third-order valence-corrected chi connectivity index (χ3v) is 4.83. The van der Waals surface area contributed by atoms with Crippen LogP contribution in [-0.2, 0) is 11.3 Å². The summed E-state index contributed by atoms with van der Waals surface area (Å²) in [5, 5.41) is 0. The predicted molar refractivity (Wildman–Crippen MR) is 102 cm³/mol. The highest BCUT2D eigenvalue weighted by molar-refractivity contribution is 5.78. The Kier molecular flexibility index (Phi) is 4.87. The zero-order chi connectivity index (χ0) is 18.6. The Morgan fingerprint density at radius 1 is 1.15 bits per heavy atom. The molecule has 2 aromatic heterocycles. The second-order valence-corrected chi connectivity index (χ2v) is 6.84. The maximum Gasteiger partial charge on any atom is 0.260 e. The van der Waals surface area contributed by atoms with Gasteiger partial charge in [0, 0.05) is 55.4 Å². The van der Waals surface area contributed by atoms with Gasteiger partial charge in [0.2, 0.25) is 0 Å². The molecule has 6 nitrogen and oxygen atoms in total. The van der Waals surface area contributed by atoms with E-state index in [1.165, 1.54) is 0 Å². The zero-order valence-corrected chi connectivity index (χ0v) is 15.3. The average Bonchev–Trinajstić information content (AvgIpc) is 3.04. The molecular weight excluding hydrogens is 340 g/mol. The van der Waals surface area contributed by atoms with Gasteiger partial charge in [-0.1, -0.05) is 18.2 Å². The lowest BCUT2D eigenvalue weighted by Crippen LogP contribution is -2.52. The fraction of sp³-hybridized carbons (Fsp3) is 0.286. The number of hydrogen-bond donors (Lipinski definition) is 0. The second-order valence-electron chi connectivity index (χ2n) is 6.84. The molecule has 3 heterocycles. The summed E-state index contributed by atoms with van der Waals surface area (Å²) in [6.07, 6.45) is 5.48. The molecule has 0 aliphatic carbocycles. The van der Waals surface area contributed by atoms with Crippen LogP contribution in [0.3, 0.4) is 0 Å². The molecule has 0 saturated carbocycles. The molecule has 4 rings (SSSR count). The summed E-state index contributed by atoms with van der Waals surface area (Å²) in [5.74, 6) is 2.11. The molecule has 1 aliphatic rings. The van der Waals surface area contributed by atoms with Crippen LogP contribution in [0.4, 0.5) is 0 Å². The minimum Gasteiger partial charge on any atom is -0.484 e. The molecule has 6 heteroatoms. The highest BCUT2D eigenvalue weighted by Crippen LogP contribution is 2.24. The van der Waals surface area contributed by atoms with Crippen molar-refractivity contribution in [2.75, 3.05) is 19.7 Å². The number of aryl methyl sites for hydroxylation is 1. The Morgan fingerprint density at radius 2 is 1.96 bits per heavy atom. The van der Waals surface area contributed by atoms with E-state index in [-0.39, 0.29) is 12.5 Å². The highest BCUT2D eigenvalue weighted by atomic mass is 16.5. The minimum absolute atomic E-state index is 0.0324. The lowest BCUT2D eigenvalue weighted by atomic mass is 9.99. The van der Waals surface area contributed by atoms with Crippen molar-refractivity contribution in [1.82, 2.24) is 19.4 Å². The largest absolute Gasteiger partial charge is 0.484 e. The smallest absolute Gasteiger partial charge is 0.260 e. The molecule has 3 aromatic rings. The standard InChI is InChI=1S/C21H22N4O2/c1-16-10-23-21(18-6-5-9-22-11-18)25(16)14-17-12-24(13-17)20(26)15-27-19-7-3-2-4-8-19/h2-11,17H,12-15H2,1H3. The van der Waals surface area contributed by atoms with Crippen LogP contribution in [-0.4, -0.2) is 45.0 Å². The summed E-state index contributed by atoms with van der Waals surface area (Å²) < 4.78 is 7.76. The molecule has 0 atom stereocenters. The van der Waals surface area contributed by atoms with Crippen LogP contribution in [0, 0.1) is 12.8 Å². The monoisotopic (exact) mass is 362 g/mol. The first-order valence-electron chi connectivity index (χ1n) is 9.09. The van der Waals surface area contributed by atoms with Crippen molar-refractivity contribution >= 4 is 5.91 Å². The average molecular weight is 362 g/mol. The van der Waals surface area contributed by atoms with Crippen molar-refractivity contribution in [2.45, 2.75) is 13.5 Å². The van der Waals surface area contributed by atoms with Gasteiger partial charge in [-0.25, -0.2) is 4.98 Å². The topological polar surface area (TPSA) is 60.2 Å². The third kappa shape index (κ3) is 3.84. The van der Waals surface area contributed by atoms with Crippen LogP contribution in [0.15, 0.2) is 61.1 Å². The van der Waals surface area contributed by atoms with E-state index < -0.39 is 0 Å². The maximum atomic E-state index is 12.3. The van der Waals surface area contributed by atoms with Crippen LogP contribution in [0.25, 0.3) is 11.4 Å². The molecule has 0 bridgehead atoms. The molecule has 0 N–H and O–H groups in total. The number of hydrogen-bond acceptors (Lipinski definition) is 4. The summed E-state index contributed by atoms with van der Waals surface area (Å²) in [7, 11) is 0. The van der Waals surface area contributed by atoms with Crippen molar-refractivity contribution in [3.8, 4) is 17.1 Å². The molecule has 1 aromatic carbocycles. The van der Waals surface area contributed by atoms with Crippen LogP contribution in [0.2, 0.25) is 0 Å². The van der Waals surface area contributed by atoms with Gasteiger partial charge in [-0.15, -0.1) is 0 Å². The van der Waals surface area contributed by atoms with Gasteiger partial charge in [0.15, 0.2) is 6.61 Å². The molecule has 1 saturated heterocycles. The van der Waals surface area contributed by atoms with Gasteiger partial charge in [0.25, 0.3) is 5.91 Å². The van der Waals surface area contributed by atoms with Crippen molar-refractivity contribution in [1.29, 1.82) is 0 Å². The number of nitrogens with zero attached hydrogens (tertiary/aromatic N) is 4. The van der Waals surface area contributed by atoms with Gasteiger partial charge in [-0.05, 0) is 31.2 Å². The Bertz CT molecular complexity index is 902. The fourth-order valence-electron chi connectivity index (χ4n) is 3.32. The van der Waals surface area contributed by atoms with Gasteiger partial charge in [0.05, 0.1) is 0 Å². The number of likely N-dealkylation sites (tertiary alicyclic amines) is 1. The van der Waals surface area contributed by atoms with E-state index in [0.29, 0.717) is 5.92 Å². The van der Waals surface area contributed by atoms with Crippen molar-refractivity contribution in [3.63, 3.8) is 0 Å². The first-order valence-corrected chi connectivity index (χ1v) is 9.09. The number of benzene rings is 1. The number of aromatic nitrogens is 3. The van der Waals surface area contributed by atoms with E-state index in [1.807, 2.05) is 59.8 Å². The zero-order valence-electron chi connectivity index (χ0n) is 15.3. The summed E-state index contributed by atoms with van der Waals surface area (Å²) in [6.45, 7) is 4.49. The molecule has 138 valence electrons. The van der Waals surface area contributed by atoms with Crippen LogP contribution < -0.4 is 4.74 Å². The van der Waals surface area contributed by atoms with Crippen LogP contribution >= 0.6 is 0 Å². The number of amides is 1. The Balaban J connectivity index is 1.32. The molecule has 0 radical (unpaired) electrons. The summed E-state index contributed by atoms with van der Waals surface area (Å²) in [6, 6.07) is 13.4. The number of pyridine rings is 1. The predicted octanol–water partition coefficient (Wildman–Crippen LogP) is 2.79. The number of carbonyl (C=O) groups excluding carboxylic acids is 1. The number of rotatable bonds is 6. The molecule has 0 spiro atoms. The van der Waals surface area contributed by atoms with Crippen molar-refractivity contribution in [2.24, 2.45) is 5.92 Å². The summed E-state index contributed by atoms with van der Waals surface area (Å²) >= 11 is 0. The van der Waals surface area contributed by atoms with Gasteiger partial charge in [0.1, 0.15) is 11.6 Å². The van der Waals surface area contributed by atoms with Gasteiger partial charge >= 0.3 is 0 Å². The van der Waals surface area contributed by atoms with E-state index in [4.69, 9.17) is 4.74 Å². The van der Waals surface area contributed by atoms with Gasteiger partial charge in [-0.3, -0.25) is 9.78 Å². The Hall–Kier alpha value is -3.15. The van der Waals surface area contributed by atoms with Crippen molar-refractivity contribution < 1.29 is 9.53 Å². The molecule has 1 fully saturated rings. The molecular formula is C21H22N4O2. The van der Waals surface area contributed by atoms with Gasteiger partial charge < -0.3 is 14.2 Å². The van der Waals surface area contributed by atoms with Crippen LogP contribution in [0.1, 0.15) is 5.69 Å². The third-order valence-electron chi connectivity index (χ3n) is 4.83. The number of ether oxygens (including phenoxy) is 1. The molecule has 1 amide bonds. The fourth-order valence-corrected chi connectivity index (χ4v) is 3.32. The molecule has 0 unspecified atom stereocenters. The van der Waals surface area contributed by atoms with E-state index >= 15 is 0 Å². The lowest BCUT2D eigenvalue weighted by Gasteiger charge is -2.39. The van der Waals surface area contributed by atoms with E-state index in [9.17, 15) is 4.79 Å². The lowest BCUT2D eigenvalue weighted by molar-refractivity contribution is -0.140. The normalized spacial score (nSPS) is 14.0. The molecule has 27 heavy (non-hydrogen) atoms. The SMILES string of the molecule is Cc1cnc(-c2cccnc2)n1CC1CN(C(=O)COc2ccccc2)C1.